The van der Waals surface area contributed by atoms with Crippen molar-refractivity contribution in [3.63, 3.8) is 0 Å². The average molecular weight is 365 g/mol. The van der Waals surface area contributed by atoms with Crippen LogP contribution < -0.4 is 9.46 Å². The van der Waals surface area contributed by atoms with Crippen molar-refractivity contribution in [2.24, 2.45) is 0 Å². The SMILES string of the molecule is O=[S+]1([O-])NCC2(CCN(Cc3ccsc3)CC2)Oc2ncccc21. The van der Waals surface area contributed by atoms with Gasteiger partial charge in [0.1, 0.15) is 5.60 Å². The number of rotatable bonds is 2. The molecule has 2 aromatic rings. The van der Waals surface area contributed by atoms with E-state index in [9.17, 15) is 8.76 Å². The van der Waals surface area contributed by atoms with Gasteiger partial charge in [-0.25, -0.2) is 4.98 Å². The summed E-state index contributed by atoms with van der Waals surface area (Å²) < 4.78 is 33.5. The van der Waals surface area contributed by atoms with E-state index in [1.165, 1.54) is 11.6 Å². The first-order valence-corrected chi connectivity index (χ1v) is 10.4. The molecule has 8 heteroatoms. The summed E-state index contributed by atoms with van der Waals surface area (Å²) in [6.45, 7) is 2.97. The topological polar surface area (TPSA) is 77.5 Å². The largest absolute Gasteiger partial charge is 0.593 e. The highest BCUT2D eigenvalue weighted by Crippen LogP contribution is 2.35. The predicted octanol–water partition coefficient (Wildman–Crippen LogP) is 2.06. The number of sulfonamides is 1. The number of thiophene rings is 1. The fourth-order valence-corrected chi connectivity index (χ4v) is 5.09. The van der Waals surface area contributed by atoms with Crippen LogP contribution in [0, 0.1) is 0 Å². The first-order valence-electron chi connectivity index (χ1n) is 7.94. The van der Waals surface area contributed by atoms with Crippen molar-refractivity contribution in [1.82, 2.24) is 14.6 Å². The number of nitrogens with one attached hydrogen (secondary N) is 1. The molecule has 4 rings (SSSR count). The lowest BCUT2D eigenvalue weighted by molar-refractivity contribution is 0.000262. The number of piperidine rings is 1. The highest BCUT2D eigenvalue weighted by molar-refractivity contribution is 7.95. The maximum absolute atomic E-state index is 12.4. The minimum atomic E-state index is -3.56. The number of fused-ring (bicyclic) bond motifs is 1. The van der Waals surface area contributed by atoms with Crippen molar-refractivity contribution in [2.75, 3.05) is 19.6 Å². The minimum absolute atomic E-state index is 0.127. The highest BCUT2D eigenvalue weighted by atomic mass is 32.3. The van der Waals surface area contributed by atoms with Crippen LogP contribution in [0.1, 0.15) is 18.4 Å². The number of hydrogen-bond acceptors (Lipinski definition) is 6. The number of ether oxygens (including phenoxy) is 1. The molecule has 1 atom stereocenters. The van der Waals surface area contributed by atoms with E-state index in [2.05, 4.69) is 31.4 Å². The van der Waals surface area contributed by atoms with Crippen LogP contribution >= 0.6 is 11.3 Å². The molecule has 1 saturated heterocycles. The van der Waals surface area contributed by atoms with Crippen LogP contribution in [0.3, 0.4) is 0 Å². The molecule has 0 bridgehead atoms. The zero-order valence-electron chi connectivity index (χ0n) is 13.1. The molecule has 24 heavy (non-hydrogen) atoms. The van der Waals surface area contributed by atoms with Crippen LogP contribution in [0.4, 0.5) is 0 Å². The molecular formula is C16H19N3O3S2. The normalized spacial score (nSPS) is 26.5. The highest BCUT2D eigenvalue weighted by Gasteiger charge is 2.44. The van der Waals surface area contributed by atoms with Crippen LogP contribution in [0.2, 0.25) is 0 Å². The van der Waals surface area contributed by atoms with Gasteiger partial charge in [0.2, 0.25) is 4.90 Å². The Balaban J connectivity index is 1.50. The number of aromatic nitrogens is 1. The summed E-state index contributed by atoms with van der Waals surface area (Å²) in [6.07, 6.45) is 3.12. The Bertz CT molecular complexity index is 758. The van der Waals surface area contributed by atoms with Gasteiger partial charge >= 0.3 is 0 Å². The van der Waals surface area contributed by atoms with Crippen LogP contribution in [0.15, 0.2) is 40.1 Å². The summed E-state index contributed by atoms with van der Waals surface area (Å²) in [5.41, 5.74) is 0.808. The van der Waals surface area contributed by atoms with Gasteiger partial charge in [0.15, 0.2) is 10.4 Å². The second-order valence-electron chi connectivity index (χ2n) is 6.32. The van der Waals surface area contributed by atoms with Crippen molar-refractivity contribution >= 4 is 21.7 Å². The smallest absolute Gasteiger partial charge is 0.272 e. The van der Waals surface area contributed by atoms with Crippen molar-refractivity contribution in [2.45, 2.75) is 29.9 Å². The molecule has 0 radical (unpaired) electrons. The molecule has 6 nitrogen and oxygen atoms in total. The summed E-state index contributed by atoms with van der Waals surface area (Å²) in [5, 5.41) is 4.26. The molecule has 1 unspecified atom stereocenters. The van der Waals surface area contributed by atoms with Crippen molar-refractivity contribution in [3.05, 3.63) is 40.7 Å². The monoisotopic (exact) mass is 365 g/mol. The van der Waals surface area contributed by atoms with E-state index in [1.54, 1.807) is 23.6 Å². The lowest BCUT2D eigenvalue weighted by Gasteiger charge is -2.40. The van der Waals surface area contributed by atoms with E-state index in [0.717, 1.165) is 32.5 Å². The Morgan fingerprint density at radius 2 is 2.25 bits per heavy atom. The summed E-state index contributed by atoms with van der Waals surface area (Å²) in [4.78, 5) is 6.66. The van der Waals surface area contributed by atoms with E-state index in [0.29, 0.717) is 0 Å². The number of likely N-dealkylation sites (tertiary alicyclic amines) is 1. The summed E-state index contributed by atoms with van der Waals surface area (Å²) >= 11 is 1.71. The molecule has 128 valence electrons. The van der Waals surface area contributed by atoms with Crippen LogP contribution in [0.5, 0.6) is 5.88 Å². The molecule has 0 aliphatic carbocycles. The Morgan fingerprint density at radius 1 is 1.42 bits per heavy atom. The molecule has 2 aliphatic heterocycles. The standard InChI is InChI=1S/C16H19N3O3S2/c20-24(21)14-2-1-6-17-15(14)22-16(12-18-24)4-7-19(8-5-16)10-13-3-9-23-11-13/h1-3,6,9,11H,4-5,7-8,10,12H2,(H-,18,20,21). The van der Waals surface area contributed by atoms with Crippen LogP contribution in [0.25, 0.3) is 0 Å². The molecule has 1 N–H and O–H groups in total. The Morgan fingerprint density at radius 3 is 3.00 bits per heavy atom. The molecule has 1 fully saturated rings. The first kappa shape index (κ1) is 16.2. The zero-order valence-corrected chi connectivity index (χ0v) is 14.8. The molecular weight excluding hydrogens is 346 g/mol. The third kappa shape index (κ3) is 3.12. The summed E-state index contributed by atoms with van der Waals surface area (Å²) in [5.74, 6) is 0.216. The van der Waals surface area contributed by atoms with E-state index in [4.69, 9.17) is 4.74 Å². The number of hydrogen-bond donors (Lipinski definition) is 1. The maximum atomic E-state index is 12.4. The fourth-order valence-electron chi connectivity index (χ4n) is 3.24. The molecule has 0 saturated carbocycles. The van der Waals surface area contributed by atoms with E-state index >= 15 is 0 Å². The number of pyridine rings is 1. The van der Waals surface area contributed by atoms with Crippen molar-refractivity contribution < 1.29 is 13.5 Å². The third-order valence-electron chi connectivity index (χ3n) is 4.68. The van der Waals surface area contributed by atoms with Gasteiger partial charge in [-0.05, 0) is 28.5 Å². The second-order valence-corrected chi connectivity index (χ2v) is 8.84. The molecule has 0 aromatic carbocycles. The minimum Gasteiger partial charge on any atom is -0.593 e. The van der Waals surface area contributed by atoms with Crippen LogP contribution in [-0.4, -0.2) is 39.7 Å². The van der Waals surface area contributed by atoms with Gasteiger partial charge in [-0.2, -0.15) is 11.3 Å². The number of nitrogens with zero attached hydrogens (tertiary/aromatic N) is 2. The fraction of sp³-hybridized carbons (Fsp3) is 0.438. The quantitative estimate of drug-likeness (QED) is 0.825. The predicted molar refractivity (Wildman–Crippen MR) is 91.5 cm³/mol. The van der Waals surface area contributed by atoms with Gasteiger partial charge in [0.25, 0.3) is 5.88 Å². The lowest BCUT2D eigenvalue weighted by Crippen LogP contribution is -2.53. The van der Waals surface area contributed by atoms with Gasteiger partial charge in [-0.1, -0.05) is 4.21 Å². The third-order valence-corrected chi connectivity index (χ3v) is 6.82. The lowest BCUT2D eigenvalue weighted by atomic mass is 9.91. The van der Waals surface area contributed by atoms with E-state index in [1.807, 2.05) is 0 Å². The van der Waals surface area contributed by atoms with E-state index in [-0.39, 0.29) is 17.3 Å². The maximum Gasteiger partial charge on any atom is 0.272 e. The second kappa shape index (κ2) is 6.20. The Hall–Kier alpha value is -1.32. The Labute approximate surface area is 146 Å². The van der Waals surface area contributed by atoms with Gasteiger partial charge in [-0.3, -0.25) is 4.90 Å². The summed E-state index contributed by atoms with van der Waals surface area (Å²) in [6, 6.07) is 5.30. The average Bonchev–Trinajstić information content (AvgIpc) is 3.05. The molecule has 0 amide bonds. The van der Waals surface area contributed by atoms with Gasteiger partial charge < -0.3 is 9.29 Å². The van der Waals surface area contributed by atoms with E-state index < -0.39 is 16.0 Å². The zero-order chi connectivity index (χ0) is 16.6. The molecule has 2 aromatic heterocycles. The van der Waals surface area contributed by atoms with Gasteiger partial charge in [0, 0.05) is 44.7 Å². The first-order chi connectivity index (χ1) is 11.6. The van der Waals surface area contributed by atoms with Gasteiger partial charge in [-0.15, -0.1) is 4.72 Å². The molecule has 4 heterocycles. The van der Waals surface area contributed by atoms with Crippen molar-refractivity contribution in [1.29, 1.82) is 0 Å². The molecule has 2 aliphatic rings. The summed E-state index contributed by atoms with van der Waals surface area (Å²) in [7, 11) is -3.56. The van der Waals surface area contributed by atoms with Crippen molar-refractivity contribution in [3.8, 4) is 5.88 Å². The molecule has 1 spiro atoms. The Kier molecular flexibility index (Phi) is 4.17. The van der Waals surface area contributed by atoms with Gasteiger partial charge in [0.05, 0.1) is 6.54 Å². The van der Waals surface area contributed by atoms with Crippen LogP contribution in [-0.2, 0) is 21.2 Å².